The fraction of sp³-hybridized carbons (Fsp3) is 0.628. The van der Waals surface area contributed by atoms with E-state index in [9.17, 15) is 27.5 Å². The van der Waals surface area contributed by atoms with Crippen LogP contribution in [-0.2, 0) is 24.8 Å². The summed E-state index contributed by atoms with van der Waals surface area (Å²) in [5, 5.41) is 12.0. The monoisotopic (exact) mass is 806 g/mol. The highest BCUT2D eigenvalue weighted by molar-refractivity contribution is 7.92. The van der Waals surface area contributed by atoms with Crippen molar-refractivity contribution < 1.29 is 32.2 Å². The molecule has 57 heavy (non-hydrogen) atoms. The Morgan fingerprint density at radius 3 is 2.25 bits per heavy atom. The smallest absolute Gasteiger partial charge is 0.404 e. The summed E-state index contributed by atoms with van der Waals surface area (Å²) in [6, 6.07) is 14.2. The van der Waals surface area contributed by atoms with Gasteiger partial charge in [0, 0.05) is 87.5 Å². The number of carboxylic acid groups (broad SMARTS) is 1. The minimum absolute atomic E-state index is 0.109. The Morgan fingerprint density at radius 2 is 1.60 bits per heavy atom. The lowest BCUT2D eigenvalue weighted by molar-refractivity contribution is -0.130. The van der Waals surface area contributed by atoms with Gasteiger partial charge in [-0.3, -0.25) is 9.69 Å². The van der Waals surface area contributed by atoms with Crippen molar-refractivity contribution in [3.63, 3.8) is 0 Å². The first kappa shape index (κ1) is 40.2. The van der Waals surface area contributed by atoms with Gasteiger partial charge in [0.05, 0.1) is 18.1 Å². The van der Waals surface area contributed by atoms with Crippen LogP contribution >= 0.6 is 0 Å². The lowest BCUT2D eigenvalue weighted by Crippen LogP contribution is -2.60. The normalized spacial score (nSPS) is 25.6. The highest BCUT2D eigenvalue weighted by Crippen LogP contribution is 2.51. The highest BCUT2D eigenvalue weighted by Gasteiger charge is 2.53. The molecule has 5 heterocycles. The van der Waals surface area contributed by atoms with Crippen molar-refractivity contribution in [2.45, 2.75) is 60.1 Å². The Kier molecular flexibility index (Phi) is 12.0. The SMILES string of the molecule is C=C(CN1CCOCC1)C(=O)N1CC(S(=O)(=O)c2ccc(N3CC(CN4CCC([C@](CN5CCC5)(c5cccc(F)c5)[C@H]5CCC[C@@H]5NC(=O)O)CC4)C3)cc2)C1. The second-order valence-electron chi connectivity index (χ2n) is 17.5. The maximum absolute atomic E-state index is 15.0. The van der Waals surface area contributed by atoms with E-state index < -0.39 is 21.2 Å². The Balaban J connectivity index is 0.842. The number of carbonyl (C=O) groups excluding carboxylic acids is 1. The number of amides is 2. The zero-order valence-corrected chi connectivity index (χ0v) is 33.9. The van der Waals surface area contributed by atoms with Gasteiger partial charge in [0.25, 0.3) is 5.91 Å². The van der Waals surface area contributed by atoms with Crippen molar-refractivity contribution in [1.82, 2.24) is 24.9 Å². The summed E-state index contributed by atoms with van der Waals surface area (Å²) < 4.78 is 47.2. The Hall–Kier alpha value is -3.56. The summed E-state index contributed by atoms with van der Waals surface area (Å²) in [6.07, 6.45) is 4.89. The number of rotatable bonds is 14. The number of sulfone groups is 1. The summed E-state index contributed by atoms with van der Waals surface area (Å²) in [7, 11) is -3.56. The van der Waals surface area contributed by atoms with E-state index in [1.165, 1.54) is 6.07 Å². The van der Waals surface area contributed by atoms with E-state index in [4.69, 9.17) is 4.74 Å². The minimum Gasteiger partial charge on any atom is -0.465 e. The molecule has 3 atom stereocenters. The van der Waals surface area contributed by atoms with Crippen LogP contribution in [0.5, 0.6) is 0 Å². The third-order valence-electron chi connectivity index (χ3n) is 14.0. The number of likely N-dealkylation sites (tertiary alicyclic amines) is 3. The lowest BCUT2D eigenvalue weighted by Gasteiger charge is -2.54. The fourth-order valence-corrected chi connectivity index (χ4v) is 12.4. The number of hydrogen-bond donors (Lipinski definition) is 2. The molecule has 1 aliphatic carbocycles. The first-order valence-electron chi connectivity index (χ1n) is 21.1. The van der Waals surface area contributed by atoms with Gasteiger partial charge in [-0.05, 0) is 112 Å². The van der Waals surface area contributed by atoms with Crippen LogP contribution in [-0.4, -0.2) is 155 Å². The zero-order chi connectivity index (χ0) is 39.7. The third-order valence-corrected chi connectivity index (χ3v) is 16.1. The predicted molar refractivity (Wildman–Crippen MR) is 217 cm³/mol. The maximum atomic E-state index is 15.0. The van der Waals surface area contributed by atoms with Crippen molar-refractivity contribution in [3.8, 4) is 0 Å². The Morgan fingerprint density at radius 1 is 0.877 bits per heavy atom. The topological polar surface area (TPSA) is 126 Å². The molecular formula is C43H59FN6O6S. The number of ether oxygens (including phenoxy) is 1. The number of halogens is 1. The number of piperidine rings is 1. The number of carbonyl (C=O) groups is 2. The second-order valence-corrected chi connectivity index (χ2v) is 19.7. The summed E-state index contributed by atoms with van der Waals surface area (Å²) in [5.74, 6) is 0.526. The van der Waals surface area contributed by atoms with Crippen molar-refractivity contribution >= 4 is 27.5 Å². The van der Waals surface area contributed by atoms with Crippen molar-refractivity contribution in [2.24, 2.45) is 17.8 Å². The summed E-state index contributed by atoms with van der Waals surface area (Å²) >= 11 is 0. The quantitative estimate of drug-likeness (QED) is 0.272. The van der Waals surface area contributed by atoms with Gasteiger partial charge < -0.3 is 34.8 Å². The van der Waals surface area contributed by atoms with Gasteiger partial charge in [0.2, 0.25) is 0 Å². The molecule has 0 spiro atoms. The maximum Gasteiger partial charge on any atom is 0.404 e. The van der Waals surface area contributed by atoms with Crippen molar-refractivity contribution in [2.75, 3.05) is 103 Å². The summed E-state index contributed by atoms with van der Waals surface area (Å²) in [6.45, 7) is 15.3. The average Bonchev–Trinajstić information content (AvgIpc) is 3.60. The highest BCUT2D eigenvalue weighted by atomic mass is 32.2. The molecule has 5 saturated heterocycles. The van der Waals surface area contributed by atoms with Gasteiger partial charge >= 0.3 is 6.09 Å². The molecule has 0 unspecified atom stereocenters. The van der Waals surface area contributed by atoms with E-state index in [-0.39, 0.29) is 42.2 Å². The molecule has 6 aliphatic rings. The molecule has 2 aromatic carbocycles. The molecule has 5 aliphatic heterocycles. The molecule has 14 heteroatoms. The second kappa shape index (κ2) is 17.0. The van der Waals surface area contributed by atoms with Gasteiger partial charge in [-0.1, -0.05) is 25.1 Å². The zero-order valence-electron chi connectivity index (χ0n) is 33.1. The number of morpholine rings is 1. The summed E-state index contributed by atoms with van der Waals surface area (Å²) in [5.41, 5.74) is 2.19. The summed E-state index contributed by atoms with van der Waals surface area (Å²) in [4.78, 5) is 36.2. The van der Waals surface area contributed by atoms with E-state index in [1.54, 1.807) is 23.1 Å². The molecule has 0 aromatic heterocycles. The van der Waals surface area contributed by atoms with Crippen LogP contribution in [0.4, 0.5) is 14.9 Å². The molecule has 0 radical (unpaired) electrons. The predicted octanol–water partition coefficient (Wildman–Crippen LogP) is 3.93. The van der Waals surface area contributed by atoms with E-state index in [2.05, 4.69) is 37.6 Å². The number of nitrogens with one attached hydrogen (secondary N) is 1. The number of anilines is 1. The number of benzene rings is 2. The van der Waals surface area contributed by atoms with Crippen LogP contribution in [0.15, 0.2) is 65.6 Å². The first-order chi connectivity index (χ1) is 27.5. The molecular weight excluding hydrogens is 748 g/mol. The molecule has 6 fully saturated rings. The van der Waals surface area contributed by atoms with Crippen LogP contribution in [0.3, 0.4) is 0 Å². The van der Waals surface area contributed by atoms with Gasteiger partial charge in [-0.15, -0.1) is 0 Å². The Labute approximate surface area is 336 Å². The van der Waals surface area contributed by atoms with E-state index >= 15 is 0 Å². The standard InChI is InChI=1S/C43H59FN6O6S/c1-31(24-47-19-21-56-22-20-47)41(51)50-28-38(29-50)57(54,55)37-11-9-36(10-12-37)49-26-32(27-49)25-46-17-13-33(14-18-46)43(30-48-15-4-16-48,34-5-2-6-35(44)23-34)39-7-3-8-40(39)45-42(52)53/h2,5-6,9-12,23,32-33,38-40,45H,1,3-4,7-8,13-22,24-30H2,(H,52,53)/t39-,40-,43+/m0/s1. The van der Waals surface area contributed by atoms with Gasteiger partial charge in [0.15, 0.2) is 9.84 Å². The fourth-order valence-electron chi connectivity index (χ4n) is 10.7. The molecule has 12 nitrogen and oxygen atoms in total. The third kappa shape index (κ3) is 8.48. The number of hydrogen-bond acceptors (Lipinski definition) is 9. The van der Waals surface area contributed by atoms with Gasteiger partial charge in [-0.2, -0.15) is 0 Å². The Bertz CT molecular complexity index is 1870. The molecule has 2 aromatic rings. The van der Waals surface area contributed by atoms with E-state index in [1.807, 2.05) is 18.2 Å². The van der Waals surface area contributed by atoms with Crippen LogP contribution in [0, 0.1) is 23.6 Å². The van der Waals surface area contributed by atoms with Crippen molar-refractivity contribution in [1.29, 1.82) is 0 Å². The average molecular weight is 807 g/mol. The van der Waals surface area contributed by atoms with Crippen molar-refractivity contribution in [3.05, 3.63) is 72.1 Å². The van der Waals surface area contributed by atoms with Gasteiger partial charge in [0.1, 0.15) is 11.1 Å². The molecule has 1 saturated carbocycles. The molecule has 0 bridgehead atoms. The van der Waals surface area contributed by atoms with Crippen LogP contribution in [0.2, 0.25) is 0 Å². The molecule has 8 rings (SSSR count). The first-order valence-corrected chi connectivity index (χ1v) is 22.6. The molecule has 310 valence electrons. The van der Waals surface area contributed by atoms with Gasteiger partial charge in [-0.25, -0.2) is 17.6 Å². The van der Waals surface area contributed by atoms with E-state index in [0.29, 0.717) is 42.1 Å². The van der Waals surface area contributed by atoms with Crippen LogP contribution in [0.1, 0.15) is 44.1 Å². The largest absolute Gasteiger partial charge is 0.465 e. The lowest BCUT2D eigenvalue weighted by atomic mass is 9.57. The van der Waals surface area contributed by atoms with Crippen LogP contribution < -0.4 is 10.2 Å². The molecule has 2 N–H and O–H groups in total. The van der Waals surface area contributed by atoms with Crippen LogP contribution in [0.25, 0.3) is 0 Å². The number of nitrogens with zero attached hydrogens (tertiary/aromatic N) is 5. The van der Waals surface area contributed by atoms with E-state index in [0.717, 1.165) is 115 Å². The minimum atomic E-state index is -3.56. The molecule has 2 amide bonds.